The number of amides is 2. The highest BCUT2D eigenvalue weighted by Crippen LogP contribution is 2.34. The molecule has 2 amide bonds. The summed E-state index contributed by atoms with van der Waals surface area (Å²) in [7, 11) is 0. The van der Waals surface area contributed by atoms with Crippen molar-refractivity contribution in [3.63, 3.8) is 0 Å². The van der Waals surface area contributed by atoms with Gasteiger partial charge >= 0.3 is 0 Å². The number of thioether (sulfide) groups is 2. The molecule has 52 heavy (non-hydrogen) atoms. The van der Waals surface area contributed by atoms with Crippen molar-refractivity contribution < 1.29 is 19.8 Å². The van der Waals surface area contributed by atoms with Crippen LogP contribution in [0.5, 0.6) is 0 Å². The molecular weight excluding hydrogens is 697 g/mol. The molecule has 6 rings (SSSR count). The number of aliphatic hydroxyl groups excluding tert-OH is 2. The number of rotatable bonds is 15. The van der Waals surface area contributed by atoms with E-state index in [9.17, 15) is 19.8 Å². The normalized spacial score (nSPS) is 12.3. The second-order valence-electron chi connectivity index (χ2n) is 11.7. The molecule has 0 aliphatic carbocycles. The van der Waals surface area contributed by atoms with Gasteiger partial charge in [-0.15, -0.1) is 20.4 Å². The molecule has 0 unspecified atom stereocenters. The first-order valence-corrected chi connectivity index (χ1v) is 18.7. The SMILES string of the molecule is CCc1ccc(NC(=O)CSc2nnc([C@@H](O)[C@@H](O)c3nnc(SCC(=O)Nc4ccc(CC)cc4)n3-c3ccccc3)n2-c2ccccc2)cc1. The van der Waals surface area contributed by atoms with Crippen LogP contribution in [-0.2, 0) is 22.4 Å². The van der Waals surface area contributed by atoms with E-state index in [0.29, 0.717) is 33.1 Å². The van der Waals surface area contributed by atoms with Crippen molar-refractivity contribution in [3.05, 3.63) is 132 Å². The fraction of sp³-hybridized carbons (Fsp3) is 0.211. The molecule has 0 bridgehead atoms. The molecule has 0 radical (unpaired) electrons. The van der Waals surface area contributed by atoms with Crippen LogP contribution in [0, 0.1) is 0 Å². The molecule has 266 valence electrons. The summed E-state index contributed by atoms with van der Waals surface area (Å²) in [5.74, 6) is -0.324. The van der Waals surface area contributed by atoms with Gasteiger partial charge in [0.05, 0.1) is 11.5 Å². The van der Waals surface area contributed by atoms with Crippen LogP contribution in [0.4, 0.5) is 11.4 Å². The molecule has 0 spiro atoms. The molecular formula is C38H38N8O4S2. The van der Waals surface area contributed by atoms with E-state index in [1.54, 1.807) is 9.13 Å². The van der Waals surface area contributed by atoms with Gasteiger partial charge in [0.2, 0.25) is 11.8 Å². The van der Waals surface area contributed by atoms with Gasteiger partial charge in [0.25, 0.3) is 0 Å². The Hall–Kier alpha value is -5.28. The summed E-state index contributed by atoms with van der Waals surface area (Å²) in [6.07, 6.45) is -1.40. The Bertz CT molecular complexity index is 1940. The number of nitrogens with one attached hydrogen (secondary N) is 2. The summed E-state index contributed by atoms with van der Waals surface area (Å²) in [4.78, 5) is 25.8. The Morgan fingerprint density at radius 3 is 1.29 bits per heavy atom. The highest BCUT2D eigenvalue weighted by Gasteiger charge is 2.33. The third-order valence-electron chi connectivity index (χ3n) is 8.13. The van der Waals surface area contributed by atoms with Crippen molar-refractivity contribution in [2.45, 2.75) is 49.2 Å². The van der Waals surface area contributed by atoms with E-state index in [2.05, 4.69) is 44.9 Å². The second-order valence-corrected chi connectivity index (χ2v) is 13.6. The molecule has 0 aliphatic rings. The minimum absolute atomic E-state index is 0.0275. The standard InChI is InChI=1S/C38H38N8O4S2/c1-3-25-15-19-27(20-16-25)39-31(47)23-51-37-43-41-35(45(37)29-11-7-5-8-12-29)33(49)34(50)36-42-44-38(46(36)30-13-9-6-10-14-30)52-24-32(48)40-28-21-17-26(4-2)18-22-28/h5-22,33-34,49-50H,3-4,23-24H2,1-2H3,(H,39,47)(H,40,48)/t33-,34+. The summed E-state index contributed by atoms with van der Waals surface area (Å²) in [6, 6.07) is 33.6. The van der Waals surface area contributed by atoms with Gasteiger partial charge in [-0.3, -0.25) is 18.7 Å². The summed E-state index contributed by atoms with van der Waals surface area (Å²) in [5, 5.41) is 47.0. The largest absolute Gasteiger partial charge is 0.382 e. The first-order chi connectivity index (χ1) is 25.3. The van der Waals surface area contributed by atoms with E-state index in [0.717, 1.165) is 36.4 Å². The van der Waals surface area contributed by atoms with Gasteiger partial charge in [-0.05, 0) is 72.5 Å². The Balaban J connectivity index is 1.22. The fourth-order valence-corrected chi connectivity index (χ4v) is 6.87. The van der Waals surface area contributed by atoms with E-state index >= 15 is 0 Å². The maximum absolute atomic E-state index is 12.9. The molecule has 2 heterocycles. The Kier molecular flexibility index (Phi) is 12.1. The highest BCUT2D eigenvalue weighted by molar-refractivity contribution is 8.00. The van der Waals surface area contributed by atoms with Crippen molar-refractivity contribution in [3.8, 4) is 11.4 Å². The number of aryl methyl sites for hydroxylation is 2. The molecule has 6 aromatic rings. The van der Waals surface area contributed by atoms with Gasteiger partial charge < -0.3 is 20.8 Å². The van der Waals surface area contributed by atoms with Crippen molar-refractivity contribution in [1.82, 2.24) is 29.5 Å². The van der Waals surface area contributed by atoms with Crippen molar-refractivity contribution in [2.24, 2.45) is 0 Å². The molecule has 0 aliphatic heterocycles. The van der Waals surface area contributed by atoms with Crippen LogP contribution in [0.3, 0.4) is 0 Å². The number of aromatic nitrogens is 6. The Morgan fingerprint density at radius 2 is 0.942 bits per heavy atom. The van der Waals surface area contributed by atoms with Crippen LogP contribution < -0.4 is 10.6 Å². The maximum atomic E-state index is 12.9. The number of carbonyl (C=O) groups is 2. The number of para-hydroxylation sites is 2. The quantitative estimate of drug-likeness (QED) is 0.0895. The molecule has 2 atom stereocenters. The minimum atomic E-state index is -1.60. The molecule has 14 heteroatoms. The predicted octanol–water partition coefficient (Wildman–Crippen LogP) is 6.20. The topological polar surface area (TPSA) is 160 Å². The molecule has 0 saturated heterocycles. The van der Waals surface area contributed by atoms with Gasteiger partial charge in [0.15, 0.2) is 22.0 Å². The number of hydrogen-bond acceptors (Lipinski definition) is 10. The first kappa shape index (κ1) is 36.5. The van der Waals surface area contributed by atoms with Crippen molar-refractivity contribution in [1.29, 1.82) is 0 Å². The zero-order valence-electron chi connectivity index (χ0n) is 28.6. The third-order valence-corrected chi connectivity index (χ3v) is 9.99. The zero-order chi connectivity index (χ0) is 36.5. The van der Waals surface area contributed by atoms with Gasteiger partial charge in [0, 0.05) is 22.7 Å². The average Bonchev–Trinajstić information content (AvgIpc) is 3.82. The van der Waals surface area contributed by atoms with Crippen LogP contribution in [0.25, 0.3) is 11.4 Å². The van der Waals surface area contributed by atoms with Crippen LogP contribution in [0.2, 0.25) is 0 Å². The fourth-order valence-electron chi connectivity index (χ4n) is 5.36. The van der Waals surface area contributed by atoms with E-state index < -0.39 is 12.2 Å². The molecule has 2 aromatic heterocycles. The predicted molar refractivity (Wildman–Crippen MR) is 203 cm³/mol. The highest BCUT2D eigenvalue weighted by atomic mass is 32.2. The van der Waals surface area contributed by atoms with Gasteiger partial charge in [0.1, 0.15) is 12.2 Å². The number of anilines is 2. The van der Waals surface area contributed by atoms with Gasteiger partial charge in [-0.2, -0.15) is 0 Å². The Morgan fingerprint density at radius 1 is 0.577 bits per heavy atom. The first-order valence-electron chi connectivity index (χ1n) is 16.7. The van der Waals surface area contributed by atoms with Crippen molar-refractivity contribution in [2.75, 3.05) is 22.1 Å². The minimum Gasteiger partial charge on any atom is -0.382 e. The second kappa shape index (κ2) is 17.3. The molecule has 0 saturated carbocycles. The summed E-state index contributed by atoms with van der Waals surface area (Å²) >= 11 is 2.30. The number of carbonyl (C=O) groups excluding carboxylic acids is 2. The lowest BCUT2D eigenvalue weighted by Crippen LogP contribution is -2.20. The van der Waals surface area contributed by atoms with Crippen LogP contribution in [-0.4, -0.2) is 63.1 Å². The lowest BCUT2D eigenvalue weighted by atomic mass is 10.1. The average molecular weight is 735 g/mol. The van der Waals surface area contributed by atoms with E-state index in [4.69, 9.17) is 0 Å². The maximum Gasteiger partial charge on any atom is 0.234 e. The third kappa shape index (κ3) is 8.77. The smallest absolute Gasteiger partial charge is 0.234 e. The van der Waals surface area contributed by atoms with E-state index in [1.165, 1.54) is 11.1 Å². The summed E-state index contributed by atoms with van der Waals surface area (Å²) < 4.78 is 3.22. The van der Waals surface area contributed by atoms with Crippen LogP contribution in [0.15, 0.2) is 120 Å². The van der Waals surface area contributed by atoms with Gasteiger partial charge in [-0.1, -0.05) is 98.0 Å². The van der Waals surface area contributed by atoms with Crippen molar-refractivity contribution >= 4 is 46.7 Å². The Labute approximate surface area is 309 Å². The van der Waals surface area contributed by atoms with Crippen LogP contribution in [0.1, 0.15) is 48.8 Å². The monoisotopic (exact) mass is 734 g/mol. The van der Waals surface area contributed by atoms with E-state index in [-0.39, 0.29) is 35.0 Å². The molecule has 0 fully saturated rings. The molecule has 4 aromatic carbocycles. The lowest BCUT2D eigenvalue weighted by Gasteiger charge is -2.20. The summed E-state index contributed by atoms with van der Waals surface area (Å²) in [6.45, 7) is 4.14. The number of hydrogen-bond donors (Lipinski definition) is 4. The van der Waals surface area contributed by atoms with E-state index in [1.807, 2.05) is 109 Å². The van der Waals surface area contributed by atoms with Crippen LogP contribution >= 0.6 is 23.5 Å². The molecule has 12 nitrogen and oxygen atoms in total. The lowest BCUT2D eigenvalue weighted by molar-refractivity contribution is -0.114. The molecule has 4 N–H and O–H groups in total. The number of benzene rings is 4. The van der Waals surface area contributed by atoms with Gasteiger partial charge in [-0.25, -0.2) is 0 Å². The number of nitrogens with zero attached hydrogens (tertiary/aromatic N) is 6. The zero-order valence-corrected chi connectivity index (χ0v) is 30.2. The summed E-state index contributed by atoms with van der Waals surface area (Å²) in [5.41, 5.74) is 4.98. The number of aliphatic hydroxyl groups is 2.